The van der Waals surface area contributed by atoms with Crippen molar-refractivity contribution in [2.75, 3.05) is 18.6 Å². The summed E-state index contributed by atoms with van der Waals surface area (Å²) in [6.45, 7) is 2.52. The fourth-order valence-corrected chi connectivity index (χ4v) is 2.54. The van der Waals surface area contributed by atoms with Crippen LogP contribution in [0.25, 0.3) is 0 Å². The molecule has 1 fully saturated rings. The smallest absolute Gasteiger partial charge is 0.328 e. The second kappa shape index (κ2) is 4.80. The van der Waals surface area contributed by atoms with Crippen LogP contribution in [0, 0.1) is 6.92 Å². The number of hydrogen-bond donors (Lipinski definition) is 0. The van der Waals surface area contributed by atoms with Gasteiger partial charge in [-0.15, -0.1) is 0 Å². The van der Waals surface area contributed by atoms with Crippen molar-refractivity contribution in [1.82, 2.24) is 9.78 Å². The molecule has 0 aromatic carbocycles. The molecule has 1 atom stereocenters. The molecule has 2 heterocycles. The van der Waals surface area contributed by atoms with E-state index in [-0.39, 0.29) is 12.0 Å². The monoisotopic (exact) mass is 251 g/mol. The lowest BCUT2D eigenvalue weighted by Crippen LogP contribution is -2.38. The molecule has 0 N–H and O–H groups in total. The van der Waals surface area contributed by atoms with E-state index in [9.17, 15) is 9.59 Å². The highest BCUT2D eigenvalue weighted by molar-refractivity contribution is 5.88. The SMILES string of the molecule is COC(=O)[C@@H]1CCCN1c1c(C=O)c(C)nn1C. The summed E-state index contributed by atoms with van der Waals surface area (Å²) in [6, 6.07) is -0.316. The summed E-state index contributed by atoms with van der Waals surface area (Å²) >= 11 is 0. The Kier molecular flexibility index (Phi) is 3.36. The number of carbonyl (C=O) groups is 2. The molecule has 0 bridgehead atoms. The number of aldehydes is 1. The topological polar surface area (TPSA) is 64.4 Å². The fourth-order valence-electron chi connectivity index (χ4n) is 2.54. The van der Waals surface area contributed by atoms with Crippen molar-refractivity contribution in [3.05, 3.63) is 11.3 Å². The molecule has 0 saturated carbocycles. The normalized spacial score (nSPS) is 19.1. The first kappa shape index (κ1) is 12.6. The van der Waals surface area contributed by atoms with Crippen LogP contribution in [0.3, 0.4) is 0 Å². The fraction of sp³-hybridized carbons (Fsp3) is 0.583. The van der Waals surface area contributed by atoms with E-state index in [0.717, 1.165) is 25.7 Å². The molecular formula is C12H17N3O3. The largest absolute Gasteiger partial charge is 0.467 e. The van der Waals surface area contributed by atoms with Gasteiger partial charge in [-0.2, -0.15) is 5.10 Å². The molecule has 18 heavy (non-hydrogen) atoms. The zero-order valence-electron chi connectivity index (χ0n) is 10.8. The van der Waals surface area contributed by atoms with E-state index in [1.54, 1.807) is 18.7 Å². The van der Waals surface area contributed by atoms with Crippen LogP contribution in [0.4, 0.5) is 5.82 Å². The quantitative estimate of drug-likeness (QED) is 0.584. The van der Waals surface area contributed by atoms with E-state index in [2.05, 4.69) is 5.10 Å². The van der Waals surface area contributed by atoms with E-state index in [1.165, 1.54) is 7.11 Å². The van der Waals surface area contributed by atoms with Crippen LogP contribution >= 0.6 is 0 Å². The number of carbonyl (C=O) groups excluding carboxylic acids is 2. The standard InChI is InChI=1S/C12H17N3O3/c1-8-9(7-16)11(14(2)13-8)15-6-4-5-10(15)12(17)18-3/h7,10H,4-6H2,1-3H3/t10-/m0/s1. The van der Waals surface area contributed by atoms with Crippen molar-refractivity contribution >= 4 is 18.1 Å². The van der Waals surface area contributed by atoms with Gasteiger partial charge in [-0.05, 0) is 19.8 Å². The molecule has 1 aromatic heterocycles. The molecule has 0 amide bonds. The molecule has 6 nitrogen and oxygen atoms in total. The van der Waals surface area contributed by atoms with Crippen LogP contribution in [0.1, 0.15) is 28.9 Å². The van der Waals surface area contributed by atoms with Gasteiger partial charge in [0.25, 0.3) is 0 Å². The number of nitrogens with zero attached hydrogens (tertiary/aromatic N) is 3. The van der Waals surface area contributed by atoms with Gasteiger partial charge in [0.15, 0.2) is 6.29 Å². The summed E-state index contributed by atoms with van der Waals surface area (Å²) in [6.07, 6.45) is 2.45. The molecule has 1 saturated heterocycles. The van der Waals surface area contributed by atoms with Crippen molar-refractivity contribution in [3.63, 3.8) is 0 Å². The van der Waals surface area contributed by atoms with Gasteiger partial charge in [-0.25, -0.2) is 4.79 Å². The predicted octanol–water partition coefficient (Wildman–Crippen LogP) is 0.683. The molecular weight excluding hydrogens is 234 g/mol. The van der Waals surface area contributed by atoms with Crippen LogP contribution < -0.4 is 4.90 Å². The molecule has 98 valence electrons. The van der Waals surface area contributed by atoms with Crippen molar-refractivity contribution < 1.29 is 14.3 Å². The van der Waals surface area contributed by atoms with Crippen molar-refractivity contribution in [2.24, 2.45) is 7.05 Å². The average molecular weight is 251 g/mol. The summed E-state index contributed by atoms with van der Waals surface area (Å²) in [5.41, 5.74) is 1.23. The van der Waals surface area contributed by atoms with E-state index in [4.69, 9.17) is 4.74 Å². The summed E-state index contributed by atoms with van der Waals surface area (Å²) < 4.78 is 6.46. The Labute approximate surface area is 106 Å². The molecule has 0 unspecified atom stereocenters. The van der Waals surface area contributed by atoms with Gasteiger partial charge in [-0.3, -0.25) is 9.48 Å². The van der Waals surface area contributed by atoms with E-state index >= 15 is 0 Å². The zero-order chi connectivity index (χ0) is 13.3. The lowest BCUT2D eigenvalue weighted by molar-refractivity contribution is -0.141. The summed E-state index contributed by atoms with van der Waals surface area (Å²) in [5, 5.41) is 4.24. The highest BCUT2D eigenvalue weighted by Gasteiger charge is 2.35. The minimum atomic E-state index is -0.316. The summed E-state index contributed by atoms with van der Waals surface area (Å²) in [4.78, 5) is 24.8. The minimum absolute atomic E-state index is 0.261. The van der Waals surface area contributed by atoms with Crippen molar-refractivity contribution in [2.45, 2.75) is 25.8 Å². The molecule has 0 aliphatic carbocycles. The van der Waals surface area contributed by atoms with Gasteiger partial charge in [0.1, 0.15) is 11.9 Å². The van der Waals surface area contributed by atoms with Gasteiger partial charge in [0.2, 0.25) is 0 Å². The first-order valence-corrected chi connectivity index (χ1v) is 5.93. The van der Waals surface area contributed by atoms with Gasteiger partial charge in [-0.1, -0.05) is 0 Å². The lowest BCUT2D eigenvalue weighted by Gasteiger charge is -2.25. The molecule has 0 spiro atoms. The van der Waals surface area contributed by atoms with Crippen LogP contribution in [-0.2, 0) is 16.6 Å². The van der Waals surface area contributed by atoms with E-state index in [0.29, 0.717) is 17.1 Å². The Morgan fingerprint density at radius 3 is 2.89 bits per heavy atom. The van der Waals surface area contributed by atoms with Crippen molar-refractivity contribution in [1.29, 1.82) is 0 Å². The summed E-state index contributed by atoms with van der Waals surface area (Å²) in [7, 11) is 3.16. The number of rotatable bonds is 3. The second-order valence-electron chi connectivity index (χ2n) is 4.44. The number of anilines is 1. The molecule has 1 aromatic rings. The maximum Gasteiger partial charge on any atom is 0.328 e. The van der Waals surface area contributed by atoms with Gasteiger partial charge >= 0.3 is 5.97 Å². The first-order valence-electron chi connectivity index (χ1n) is 5.93. The molecule has 6 heteroatoms. The van der Waals surface area contributed by atoms with Crippen LogP contribution in [-0.4, -0.2) is 41.7 Å². The minimum Gasteiger partial charge on any atom is -0.467 e. The summed E-state index contributed by atoms with van der Waals surface area (Å²) in [5.74, 6) is 0.443. The maximum atomic E-state index is 11.7. The second-order valence-corrected chi connectivity index (χ2v) is 4.44. The first-order chi connectivity index (χ1) is 8.60. The number of hydrogen-bond acceptors (Lipinski definition) is 5. The number of esters is 1. The Hall–Kier alpha value is -1.85. The van der Waals surface area contributed by atoms with Gasteiger partial charge in [0, 0.05) is 13.6 Å². The maximum absolute atomic E-state index is 11.7. The third kappa shape index (κ3) is 1.87. The van der Waals surface area contributed by atoms with E-state index < -0.39 is 0 Å². The van der Waals surface area contributed by atoms with E-state index in [1.807, 2.05) is 4.90 Å². The number of ether oxygens (including phenoxy) is 1. The Balaban J connectivity index is 2.41. The molecule has 0 radical (unpaired) electrons. The third-order valence-corrected chi connectivity index (χ3v) is 3.35. The molecule has 2 rings (SSSR count). The average Bonchev–Trinajstić information content (AvgIpc) is 2.91. The highest BCUT2D eigenvalue weighted by atomic mass is 16.5. The highest BCUT2D eigenvalue weighted by Crippen LogP contribution is 2.29. The zero-order valence-corrected chi connectivity index (χ0v) is 10.8. The Morgan fingerprint density at radius 2 is 2.28 bits per heavy atom. The predicted molar refractivity (Wildman–Crippen MR) is 65.7 cm³/mol. The Morgan fingerprint density at radius 1 is 1.56 bits per heavy atom. The van der Waals surface area contributed by atoms with Gasteiger partial charge < -0.3 is 9.64 Å². The number of aromatic nitrogens is 2. The van der Waals surface area contributed by atoms with Crippen LogP contribution in [0.5, 0.6) is 0 Å². The molecule has 1 aliphatic rings. The lowest BCUT2D eigenvalue weighted by atomic mass is 10.2. The van der Waals surface area contributed by atoms with Crippen LogP contribution in [0.2, 0.25) is 0 Å². The third-order valence-electron chi connectivity index (χ3n) is 3.35. The molecule has 1 aliphatic heterocycles. The number of methoxy groups -OCH3 is 1. The van der Waals surface area contributed by atoms with Crippen molar-refractivity contribution in [3.8, 4) is 0 Å². The van der Waals surface area contributed by atoms with Crippen LogP contribution in [0.15, 0.2) is 0 Å². The Bertz CT molecular complexity index is 481. The number of aryl methyl sites for hydroxylation is 2. The van der Waals surface area contributed by atoms with Gasteiger partial charge in [0.05, 0.1) is 18.4 Å².